The molecule has 0 saturated carbocycles. The van der Waals surface area contributed by atoms with Gasteiger partial charge in [-0.15, -0.1) is 0 Å². The van der Waals surface area contributed by atoms with Gasteiger partial charge in [0.2, 0.25) is 0 Å². The van der Waals surface area contributed by atoms with Crippen LogP contribution in [0.25, 0.3) is 0 Å². The van der Waals surface area contributed by atoms with Crippen LogP contribution in [0.3, 0.4) is 0 Å². The van der Waals surface area contributed by atoms with E-state index in [1.54, 1.807) is 18.3 Å². The third-order valence-electron chi connectivity index (χ3n) is 1.95. The fourth-order valence-electron chi connectivity index (χ4n) is 1.20. The average molecular weight is 268 g/mol. The second kappa shape index (κ2) is 5.12. The van der Waals surface area contributed by atoms with E-state index in [0.717, 1.165) is 0 Å². The van der Waals surface area contributed by atoms with Gasteiger partial charge in [0.1, 0.15) is 10.8 Å². The zero-order valence-electron chi connectivity index (χ0n) is 8.52. The fourth-order valence-corrected chi connectivity index (χ4v) is 1.54. The second-order valence-electron chi connectivity index (χ2n) is 3.16. The molecule has 86 valence electrons. The molecule has 0 aliphatic carbocycles. The van der Waals surface area contributed by atoms with Crippen molar-refractivity contribution >= 4 is 34.8 Å². The molecule has 17 heavy (non-hydrogen) atoms. The molecular weight excluding hydrogens is 261 g/mol. The highest BCUT2D eigenvalue weighted by Crippen LogP contribution is 2.18. The Hall–Kier alpha value is -1.65. The van der Waals surface area contributed by atoms with Crippen LogP contribution in [0, 0.1) is 0 Å². The van der Waals surface area contributed by atoms with Crippen LogP contribution >= 0.6 is 23.2 Å². The van der Waals surface area contributed by atoms with Crippen molar-refractivity contribution in [3.8, 4) is 0 Å². The fraction of sp³-hybridized carbons (Fsp3) is 0. The first kappa shape index (κ1) is 11.8. The minimum Gasteiger partial charge on any atom is -0.319 e. The van der Waals surface area contributed by atoms with Crippen LogP contribution < -0.4 is 5.32 Å². The molecule has 2 rings (SSSR count). The van der Waals surface area contributed by atoms with Crippen LogP contribution in [0.5, 0.6) is 0 Å². The van der Waals surface area contributed by atoms with E-state index in [1.165, 1.54) is 18.3 Å². The van der Waals surface area contributed by atoms with E-state index in [-0.39, 0.29) is 15.9 Å². The summed E-state index contributed by atoms with van der Waals surface area (Å²) in [6.45, 7) is 0. The minimum absolute atomic E-state index is 0.0861. The van der Waals surface area contributed by atoms with Crippen LogP contribution in [0.4, 0.5) is 5.69 Å². The molecule has 0 aliphatic rings. The van der Waals surface area contributed by atoms with Gasteiger partial charge in [0.15, 0.2) is 0 Å². The summed E-state index contributed by atoms with van der Waals surface area (Å²) in [5.41, 5.74) is 0.651. The Morgan fingerprint density at radius 2 is 2.06 bits per heavy atom. The number of aromatic nitrogens is 2. The summed E-state index contributed by atoms with van der Waals surface area (Å²) in [6.07, 6.45) is 3.14. The Morgan fingerprint density at radius 3 is 2.76 bits per heavy atom. The smallest absolute Gasteiger partial charge is 0.275 e. The number of carbonyl (C=O) groups is 1. The van der Waals surface area contributed by atoms with Gasteiger partial charge in [-0.05, 0) is 24.3 Å². The Labute approximate surface area is 108 Å². The zero-order valence-corrected chi connectivity index (χ0v) is 10.0. The number of anilines is 1. The lowest BCUT2D eigenvalue weighted by atomic mass is 10.3. The highest BCUT2D eigenvalue weighted by molar-refractivity contribution is 6.35. The number of amides is 1. The number of nitrogens with zero attached hydrogens (tertiary/aromatic N) is 2. The number of hydrogen-bond donors (Lipinski definition) is 1. The predicted octanol–water partition coefficient (Wildman–Crippen LogP) is 3.04. The Morgan fingerprint density at radius 1 is 1.24 bits per heavy atom. The van der Waals surface area contributed by atoms with Gasteiger partial charge in [-0.3, -0.25) is 9.78 Å². The van der Waals surface area contributed by atoms with Crippen LogP contribution in [0.1, 0.15) is 10.5 Å². The van der Waals surface area contributed by atoms with Gasteiger partial charge in [0.05, 0.1) is 16.9 Å². The maximum Gasteiger partial charge on any atom is 0.275 e. The van der Waals surface area contributed by atoms with Gasteiger partial charge in [-0.1, -0.05) is 23.2 Å². The Kier molecular flexibility index (Phi) is 3.56. The molecule has 1 amide bonds. The number of pyridine rings is 2. The summed E-state index contributed by atoms with van der Waals surface area (Å²) in [4.78, 5) is 19.6. The van der Waals surface area contributed by atoms with Crippen LogP contribution in [0.2, 0.25) is 10.2 Å². The zero-order chi connectivity index (χ0) is 12.3. The molecule has 1 N–H and O–H groups in total. The molecule has 2 aromatic rings. The molecule has 0 atom stereocenters. The van der Waals surface area contributed by atoms with Crippen molar-refractivity contribution in [1.82, 2.24) is 9.97 Å². The molecule has 4 nitrogen and oxygen atoms in total. The SMILES string of the molecule is O=C(Nc1cccnc1)c1nc(Cl)ccc1Cl. The van der Waals surface area contributed by atoms with Gasteiger partial charge in [-0.25, -0.2) is 4.98 Å². The first-order valence-corrected chi connectivity index (χ1v) is 5.46. The molecule has 0 bridgehead atoms. The lowest BCUT2D eigenvalue weighted by molar-refractivity contribution is 0.102. The second-order valence-corrected chi connectivity index (χ2v) is 3.95. The van der Waals surface area contributed by atoms with E-state index in [1.807, 2.05) is 0 Å². The van der Waals surface area contributed by atoms with Crippen molar-refractivity contribution in [3.05, 3.63) is 52.5 Å². The van der Waals surface area contributed by atoms with Crippen molar-refractivity contribution in [2.24, 2.45) is 0 Å². The monoisotopic (exact) mass is 267 g/mol. The molecule has 2 aromatic heterocycles. The highest BCUT2D eigenvalue weighted by atomic mass is 35.5. The highest BCUT2D eigenvalue weighted by Gasteiger charge is 2.12. The molecule has 0 fully saturated rings. The lowest BCUT2D eigenvalue weighted by Gasteiger charge is -2.05. The largest absolute Gasteiger partial charge is 0.319 e. The molecule has 6 heteroatoms. The summed E-state index contributed by atoms with van der Waals surface area (Å²) in [7, 11) is 0. The summed E-state index contributed by atoms with van der Waals surface area (Å²) >= 11 is 11.6. The van der Waals surface area contributed by atoms with Gasteiger partial charge in [-0.2, -0.15) is 0 Å². The van der Waals surface area contributed by atoms with Crippen molar-refractivity contribution in [3.63, 3.8) is 0 Å². The minimum atomic E-state index is -0.425. The molecule has 0 aromatic carbocycles. The van der Waals surface area contributed by atoms with E-state index < -0.39 is 5.91 Å². The molecule has 2 heterocycles. The number of carbonyl (C=O) groups excluding carboxylic acids is 1. The van der Waals surface area contributed by atoms with Gasteiger partial charge < -0.3 is 5.32 Å². The molecule has 0 saturated heterocycles. The van der Waals surface area contributed by atoms with Gasteiger partial charge in [0.25, 0.3) is 5.91 Å². The maximum absolute atomic E-state index is 11.8. The molecular formula is C11H7Cl2N3O. The lowest BCUT2D eigenvalue weighted by Crippen LogP contribution is -2.14. The molecule has 0 radical (unpaired) electrons. The third kappa shape index (κ3) is 2.93. The maximum atomic E-state index is 11.8. The van der Waals surface area contributed by atoms with Crippen LogP contribution in [-0.2, 0) is 0 Å². The standard InChI is InChI=1S/C11H7Cl2N3O/c12-8-3-4-9(13)16-10(8)11(17)15-7-2-1-5-14-6-7/h1-6H,(H,15,17). The van der Waals surface area contributed by atoms with Gasteiger partial charge in [0, 0.05) is 6.20 Å². The van der Waals surface area contributed by atoms with E-state index in [9.17, 15) is 4.79 Å². The average Bonchev–Trinajstić information content (AvgIpc) is 2.33. The van der Waals surface area contributed by atoms with Crippen LogP contribution in [0.15, 0.2) is 36.7 Å². The number of hydrogen-bond acceptors (Lipinski definition) is 3. The van der Waals surface area contributed by atoms with Crippen LogP contribution in [-0.4, -0.2) is 15.9 Å². The van der Waals surface area contributed by atoms with Gasteiger partial charge >= 0.3 is 0 Å². The van der Waals surface area contributed by atoms with Crippen molar-refractivity contribution in [2.45, 2.75) is 0 Å². The van der Waals surface area contributed by atoms with E-state index in [2.05, 4.69) is 15.3 Å². The number of nitrogens with one attached hydrogen (secondary N) is 1. The molecule has 0 spiro atoms. The first-order valence-electron chi connectivity index (χ1n) is 4.70. The van der Waals surface area contributed by atoms with E-state index in [0.29, 0.717) is 5.69 Å². The summed E-state index contributed by atoms with van der Waals surface area (Å²) in [6, 6.07) is 6.46. The Bertz CT molecular complexity index is 546. The topological polar surface area (TPSA) is 54.9 Å². The third-order valence-corrected chi connectivity index (χ3v) is 2.46. The van der Waals surface area contributed by atoms with Crippen molar-refractivity contribution in [1.29, 1.82) is 0 Å². The summed E-state index contributed by atoms with van der Waals surface area (Å²) in [5, 5.41) is 3.08. The first-order chi connectivity index (χ1) is 8.16. The molecule has 0 aliphatic heterocycles. The normalized spacial score (nSPS) is 10.0. The van der Waals surface area contributed by atoms with E-state index in [4.69, 9.17) is 23.2 Å². The summed E-state index contributed by atoms with van der Waals surface area (Å²) in [5.74, 6) is -0.425. The van der Waals surface area contributed by atoms with Crippen molar-refractivity contribution < 1.29 is 4.79 Å². The summed E-state index contributed by atoms with van der Waals surface area (Å²) < 4.78 is 0. The number of halogens is 2. The molecule has 0 unspecified atom stereocenters. The van der Waals surface area contributed by atoms with E-state index >= 15 is 0 Å². The number of rotatable bonds is 2. The quantitative estimate of drug-likeness (QED) is 0.851. The predicted molar refractivity (Wildman–Crippen MR) is 66.4 cm³/mol. The van der Waals surface area contributed by atoms with Crippen molar-refractivity contribution in [2.75, 3.05) is 5.32 Å². The Balaban J connectivity index is 2.23.